The molecule has 0 aliphatic rings. The van der Waals surface area contributed by atoms with Gasteiger partial charge in [-0.2, -0.15) is 0 Å². The van der Waals surface area contributed by atoms with Gasteiger partial charge in [-0.25, -0.2) is 4.79 Å². The Morgan fingerprint density at radius 3 is 1.87 bits per heavy atom. The number of hydrogen-bond donors (Lipinski definition) is 0. The van der Waals surface area contributed by atoms with Crippen LogP contribution in [0.25, 0.3) is 0 Å². The Morgan fingerprint density at radius 1 is 0.913 bits per heavy atom. The first-order valence-electron chi connectivity index (χ1n) is 8.14. The summed E-state index contributed by atoms with van der Waals surface area (Å²) in [6, 6.07) is 0.925. The third-order valence-corrected chi connectivity index (χ3v) is 12.2. The lowest BCUT2D eigenvalue weighted by Gasteiger charge is -2.38. The zero-order chi connectivity index (χ0) is 18.1. The van der Waals surface area contributed by atoms with Crippen LogP contribution in [0.1, 0.15) is 6.42 Å². The predicted molar refractivity (Wildman–Crippen MR) is 102 cm³/mol. The second-order valence-electron chi connectivity index (χ2n) is 7.65. The molecule has 23 heavy (non-hydrogen) atoms. The predicted octanol–water partition coefficient (Wildman–Crippen LogP) is 3.90. The standard InChI is InChI=1S/C15H34O5Si3/c1-9-15(16)18-13-12-17-11-10-14-23(8,19-21(2,3)4)20-22(5,6)7/h9H,1,10-14H2,2-8H3. The van der Waals surface area contributed by atoms with Crippen molar-refractivity contribution < 1.29 is 22.5 Å². The first-order chi connectivity index (χ1) is 10.4. The number of rotatable bonds is 12. The molecule has 0 spiro atoms. The fraction of sp³-hybridized carbons (Fsp3) is 0.800. The molecule has 5 nitrogen and oxygen atoms in total. The maximum absolute atomic E-state index is 10.9. The maximum atomic E-state index is 10.9. The Bertz CT molecular complexity index is 358. The van der Waals surface area contributed by atoms with Crippen molar-refractivity contribution in [2.45, 2.75) is 58.3 Å². The van der Waals surface area contributed by atoms with Crippen LogP contribution in [0.5, 0.6) is 0 Å². The molecule has 0 aromatic heterocycles. The Hall–Kier alpha value is -0.259. The number of esters is 1. The molecule has 0 aromatic carbocycles. The topological polar surface area (TPSA) is 54.0 Å². The number of hydrogen-bond acceptors (Lipinski definition) is 5. The van der Waals surface area contributed by atoms with E-state index in [-0.39, 0.29) is 6.61 Å². The molecular formula is C15H34O5Si3. The molecule has 0 aliphatic carbocycles. The lowest BCUT2D eigenvalue weighted by atomic mass is 10.5. The van der Waals surface area contributed by atoms with E-state index < -0.39 is 31.2 Å². The monoisotopic (exact) mass is 378 g/mol. The van der Waals surface area contributed by atoms with E-state index in [0.29, 0.717) is 13.2 Å². The quantitative estimate of drug-likeness (QED) is 0.223. The van der Waals surface area contributed by atoms with E-state index in [4.69, 9.17) is 17.7 Å². The van der Waals surface area contributed by atoms with Crippen LogP contribution in [0, 0.1) is 0 Å². The average Bonchev–Trinajstić information content (AvgIpc) is 2.32. The summed E-state index contributed by atoms with van der Waals surface area (Å²) in [5.41, 5.74) is 0. The molecular weight excluding hydrogens is 344 g/mol. The van der Waals surface area contributed by atoms with Crippen molar-refractivity contribution in [1.82, 2.24) is 0 Å². The second kappa shape index (κ2) is 9.90. The van der Waals surface area contributed by atoms with Crippen LogP contribution in [0.4, 0.5) is 0 Å². The first kappa shape index (κ1) is 22.7. The first-order valence-corrected chi connectivity index (χ1v) is 17.5. The van der Waals surface area contributed by atoms with E-state index in [1.165, 1.54) is 0 Å². The summed E-state index contributed by atoms with van der Waals surface area (Å²) in [5, 5.41) is 0. The van der Waals surface area contributed by atoms with Crippen LogP contribution >= 0.6 is 0 Å². The molecule has 0 fully saturated rings. The van der Waals surface area contributed by atoms with Crippen LogP contribution in [0.15, 0.2) is 12.7 Å². The lowest BCUT2D eigenvalue weighted by molar-refractivity contribution is -0.139. The summed E-state index contributed by atoms with van der Waals surface area (Å²) >= 11 is 0. The van der Waals surface area contributed by atoms with E-state index in [1.54, 1.807) is 0 Å². The van der Waals surface area contributed by atoms with Crippen LogP contribution < -0.4 is 0 Å². The van der Waals surface area contributed by atoms with Crippen LogP contribution in [0.3, 0.4) is 0 Å². The highest BCUT2D eigenvalue weighted by molar-refractivity contribution is 6.87. The molecule has 0 N–H and O–H groups in total. The molecule has 0 atom stereocenters. The molecule has 8 heteroatoms. The van der Waals surface area contributed by atoms with Gasteiger partial charge in [-0.3, -0.25) is 0 Å². The Labute approximate surface area is 144 Å². The van der Waals surface area contributed by atoms with Gasteiger partial charge in [0.05, 0.1) is 6.61 Å². The van der Waals surface area contributed by atoms with Crippen LogP contribution in [-0.2, 0) is 22.5 Å². The Balaban J connectivity index is 4.20. The SMILES string of the molecule is C=CC(=O)OCCOCCC[Si](C)(O[Si](C)(C)C)O[Si](C)(C)C. The molecule has 0 saturated carbocycles. The third kappa shape index (κ3) is 13.8. The molecule has 0 aromatic rings. The zero-order valence-corrected chi connectivity index (χ0v) is 18.9. The smallest absolute Gasteiger partial charge is 0.330 e. The Kier molecular flexibility index (Phi) is 9.79. The van der Waals surface area contributed by atoms with E-state index >= 15 is 0 Å². The lowest BCUT2D eigenvalue weighted by Crippen LogP contribution is -2.52. The van der Waals surface area contributed by atoms with Gasteiger partial charge in [-0.1, -0.05) is 6.58 Å². The van der Waals surface area contributed by atoms with Crippen molar-refractivity contribution in [2.75, 3.05) is 19.8 Å². The van der Waals surface area contributed by atoms with Crippen molar-refractivity contribution in [3.05, 3.63) is 12.7 Å². The van der Waals surface area contributed by atoms with Crippen molar-refractivity contribution in [1.29, 1.82) is 0 Å². The van der Waals surface area contributed by atoms with Gasteiger partial charge in [-0.05, 0) is 58.3 Å². The highest BCUT2D eigenvalue weighted by Gasteiger charge is 2.39. The summed E-state index contributed by atoms with van der Waals surface area (Å²) in [5.74, 6) is -0.416. The van der Waals surface area contributed by atoms with Gasteiger partial charge >= 0.3 is 14.5 Å². The summed E-state index contributed by atoms with van der Waals surface area (Å²) in [4.78, 5) is 10.9. The van der Waals surface area contributed by atoms with Gasteiger partial charge in [-0.15, -0.1) is 0 Å². The molecule has 0 saturated heterocycles. The fourth-order valence-corrected chi connectivity index (χ4v) is 14.8. The third-order valence-electron chi connectivity index (χ3n) is 2.60. The summed E-state index contributed by atoms with van der Waals surface area (Å²) in [6.45, 7) is 20.0. The van der Waals surface area contributed by atoms with E-state index in [2.05, 4.69) is 52.4 Å². The molecule has 0 heterocycles. The molecule has 136 valence electrons. The minimum atomic E-state index is -2.17. The highest BCUT2D eigenvalue weighted by atomic mass is 28.5. The van der Waals surface area contributed by atoms with Crippen molar-refractivity contribution >= 4 is 31.2 Å². The van der Waals surface area contributed by atoms with E-state index in [1.807, 2.05) is 0 Å². The van der Waals surface area contributed by atoms with Gasteiger partial charge in [0.15, 0.2) is 16.6 Å². The molecule has 0 unspecified atom stereocenters. The summed E-state index contributed by atoms with van der Waals surface area (Å²) in [6.07, 6.45) is 2.05. The zero-order valence-electron chi connectivity index (χ0n) is 15.9. The molecule has 0 radical (unpaired) electrons. The van der Waals surface area contributed by atoms with Gasteiger partial charge in [0.2, 0.25) is 0 Å². The molecule has 0 rings (SSSR count). The number of carbonyl (C=O) groups is 1. The van der Waals surface area contributed by atoms with Crippen LogP contribution in [-0.4, -0.2) is 51.0 Å². The van der Waals surface area contributed by atoms with Crippen molar-refractivity contribution in [3.8, 4) is 0 Å². The van der Waals surface area contributed by atoms with Gasteiger partial charge in [0.1, 0.15) is 6.61 Å². The minimum absolute atomic E-state index is 0.260. The second-order valence-corrected chi connectivity index (χ2v) is 20.5. The molecule has 0 amide bonds. The molecule has 0 bridgehead atoms. The highest BCUT2D eigenvalue weighted by Crippen LogP contribution is 2.25. The van der Waals surface area contributed by atoms with Gasteiger partial charge in [0.25, 0.3) is 0 Å². The number of ether oxygens (including phenoxy) is 2. The minimum Gasteiger partial charge on any atom is -0.460 e. The molecule has 0 aliphatic heterocycles. The number of carbonyl (C=O) groups excluding carboxylic acids is 1. The van der Waals surface area contributed by atoms with Crippen molar-refractivity contribution in [3.63, 3.8) is 0 Å². The average molecular weight is 379 g/mol. The van der Waals surface area contributed by atoms with E-state index in [9.17, 15) is 4.79 Å². The van der Waals surface area contributed by atoms with Gasteiger partial charge < -0.3 is 17.7 Å². The van der Waals surface area contributed by atoms with Gasteiger partial charge in [0, 0.05) is 12.7 Å². The summed E-state index contributed by atoms with van der Waals surface area (Å²) < 4.78 is 23.2. The largest absolute Gasteiger partial charge is 0.460 e. The van der Waals surface area contributed by atoms with E-state index in [0.717, 1.165) is 18.5 Å². The maximum Gasteiger partial charge on any atom is 0.330 e. The van der Waals surface area contributed by atoms with Crippen molar-refractivity contribution in [2.24, 2.45) is 0 Å². The Morgan fingerprint density at radius 2 is 1.43 bits per heavy atom. The fourth-order valence-electron chi connectivity index (χ4n) is 2.28. The summed E-state index contributed by atoms with van der Waals surface area (Å²) in [7, 11) is -5.45. The van der Waals surface area contributed by atoms with Crippen LogP contribution in [0.2, 0.25) is 51.9 Å². The normalized spacial score (nSPS) is 13.0.